The fourth-order valence-corrected chi connectivity index (χ4v) is 2.88. The van der Waals surface area contributed by atoms with Crippen LogP contribution in [0, 0.1) is 0 Å². The van der Waals surface area contributed by atoms with Crippen molar-refractivity contribution >= 4 is 11.8 Å². The maximum atomic E-state index is 11.3. The minimum absolute atomic E-state index is 0.153. The molecule has 5 nitrogen and oxygen atoms in total. The molecule has 1 saturated heterocycles. The van der Waals surface area contributed by atoms with Crippen molar-refractivity contribution in [2.45, 2.75) is 32.4 Å². The summed E-state index contributed by atoms with van der Waals surface area (Å²) in [5, 5.41) is 6.35. The SMILES string of the molecule is CCNC(C)c1ccccc1N1CCC(NC(=O)OC)C1. The van der Waals surface area contributed by atoms with Gasteiger partial charge in [-0.1, -0.05) is 25.1 Å². The molecule has 1 aromatic rings. The van der Waals surface area contributed by atoms with Crippen molar-refractivity contribution in [1.82, 2.24) is 10.6 Å². The minimum atomic E-state index is -0.351. The second kappa shape index (κ2) is 7.31. The molecule has 0 radical (unpaired) electrons. The van der Waals surface area contributed by atoms with E-state index in [0.29, 0.717) is 6.04 Å². The molecule has 0 bridgehead atoms. The van der Waals surface area contributed by atoms with Gasteiger partial charge in [0.1, 0.15) is 0 Å². The number of methoxy groups -OCH3 is 1. The Kier molecular flexibility index (Phi) is 5.44. The number of nitrogens with one attached hydrogen (secondary N) is 2. The van der Waals surface area contributed by atoms with Crippen LogP contribution in [0.3, 0.4) is 0 Å². The van der Waals surface area contributed by atoms with E-state index in [9.17, 15) is 4.79 Å². The number of nitrogens with zero attached hydrogens (tertiary/aromatic N) is 1. The Morgan fingerprint density at radius 3 is 2.95 bits per heavy atom. The number of rotatable bonds is 5. The number of carbonyl (C=O) groups is 1. The molecule has 21 heavy (non-hydrogen) atoms. The predicted octanol–water partition coefficient (Wildman–Crippen LogP) is 2.29. The average Bonchev–Trinajstić information content (AvgIpc) is 2.95. The molecule has 0 spiro atoms. The van der Waals surface area contributed by atoms with Crippen LogP contribution in [0.4, 0.5) is 10.5 Å². The zero-order valence-corrected chi connectivity index (χ0v) is 13.1. The van der Waals surface area contributed by atoms with Crippen LogP contribution in [0.1, 0.15) is 31.9 Å². The minimum Gasteiger partial charge on any atom is -0.453 e. The van der Waals surface area contributed by atoms with E-state index in [1.54, 1.807) is 0 Å². The number of hydrogen-bond acceptors (Lipinski definition) is 4. The summed E-state index contributed by atoms with van der Waals surface area (Å²) in [6.07, 6.45) is 0.593. The zero-order valence-electron chi connectivity index (χ0n) is 13.1. The van der Waals surface area contributed by atoms with Gasteiger partial charge in [0.15, 0.2) is 0 Å². The molecular formula is C16H25N3O2. The molecule has 2 N–H and O–H groups in total. The van der Waals surface area contributed by atoms with Gasteiger partial charge < -0.3 is 20.3 Å². The third-order valence-electron chi connectivity index (χ3n) is 3.95. The van der Waals surface area contributed by atoms with Gasteiger partial charge in [0.2, 0.25) is 0 Å². The van der Waals surface area contributed by atoms with Crippen LogP contribution in [0.5, 0.6) is 0 Å². The maximum absolute atomic E-state index is 11.3. The van der Waals surface area contributed by atoms with E-state index in [1.807, 2.05) is 0 Å². The molecule has 1 aromatic carbocycles. The van der Waals surface area contributed by atoms with Gasteiger partial charge in [0.25, 0.3) is 0 Å². The molecule has 5 heteroatoms. The van der Waals surface area contributed by atoms with Crippen molar-refractivity contribution in [3.8, 4) is 0 Å². The van der Waals surface area contributed by atoms with Crippen LogP contribution < -0.4 is 15.5 Å². The van der Waals surface area contributed by atoms with Crippen molar-refractivity contribution in [2.24, 2.45) is 0 Å². The molecule has 116 valence electrons. The van der Waals surface area contributed by atoms with E-state index in [1.165, 1.54) is 18.4 Å². The summed E-state index contributed by atoms with van der Waals surface area (Å²) in [4.78, 5) is 13.6. The number of hydrogen-bond donors (Lipinski definition) is 2. The first-order chi connectivity index (χ1) is 10.2. The number of amides is 1. The van der Waals surface area contributed by atoms with Crippen molar-refractivity contribution in [1.29, 1.82) is 0 Å². The lowest BCUT2D eigenvalue weighted by Gasteiger charge is -2.25. The van der Waals surface area contributed by atoms with Crippen molar-refractivity contribution in [3.63, 3.8) is 0 Å². The zero-order chi connectivity index (χ0) is 15.2. The van der Waals surface area contributed by atoms with Crippen molar-refractivity contribution < 1.29 is 9.53 Å². The van der Waals surface area contributed by atoms with Crippen LogP contribution in [0.15, 0.2) is 24.3 Å². The molecule has 2 rings (SSSR count). The van der Waals surface area contributed by atoms with Gasteiger partial charge in [-0.05, 0) is 31.5 Å². The smallest absolute Gasteiger partial charge is 0.407 e. The Bertz CT molecular complexity index is 478. The van der Waals surface area contributed by atoms with Gasteiger partial charge in [0, 0.05) is 24.8 Å². The van der Waals surface area contributed by atoms with Crippen molar-refractivity contribution in [3.05, 3.63) is 29.8 Å². The molecule has 1 aliphatic rings. The highest BCUT2D eigenvalue weighted by atomic mass is 16.5. The number of alkyl carbamates (subject to hydrolysis) is 1. The summed E-state index contributed by atoms with van der Waals surface area (Å²) in [6.45, 7) is 7.02. The monoisotopic (exact) mass is 291 g/mol. The molecule has 1 aliphatic heterocycles. The van der Waals surface area contributed by atoms with E-state index in [4.69, 9.17) is 0 Å². The lowest BCUT2D eigenvalue weighted by atomic mass is 10.1. The molecule has 2 unspecified atom stereocenters. The first kappa shape index (κ1) is 15.6. The van der Waals surface area contributed by atoms with Gasteiger partial charge in [-0.25, -0.2) is 4.79 Å². The van der Waals surface area contributed by atoms with E-state index in [-0.39, 0.29) is 12.1 Å². The number of ether oxygens (including phenoxy) is 1. The lowest BCUT2D eigenvalue weighted by molar-refractivity contribution is 0.167. The van der Waals surface area contributed by atoms with Crippen LogP contribution in [0.25, 0.3) is 0 Å². The first-order valence-corrected chi connectivity index (χ1v) is 7.57. The van der Waals surface area contributed by atoms with Crippen LogP contribution >= 0.6 is 0 Å². The highest BCUT2D eigenvalue weighted by molar-refractivity contribution is 5.67. The molecular weight excluding hydrogens is 266 g/mol. The van der Waals surface area contributed by atoms with Gasteiger partial charge in [0.05, 0.1) is 13.2 Å². The fourth-order valence-electron chi connectivity index (χ4n) is 2.88. The van der Waals surface area contributed by atoms with E-state index >= 15 is 0 Å². The number of anilines is 1. The largest absolute Gasteiger partial charge is 0.453 e. The third-order valence-corrected chi connectivity index (χ3v) is 3.95. The quantitative estimate of drug-likeness (QED) is 0.874. The molecule has 1 heterocycles. The Morgan fingerprint density at radius 1 is 1.48 bits per heavy atom. The van der Waals surface area contributed by atoms with Gasteiger partial charge in [-0.15, -0.1) is 0 Å². The maximum Gasteiger partial charge on any atom is 0.407 e. The number of benzene rings is 1. The van der Waals surface area contributed by atoms with Crippen LogP contribution in [-0.2, 0) is 4.74 Å². The average molecular weight is 291 g/mol. The van der Waals surface area contributed by atoms with E-state index in [2.05, 4.69) is 58.4 Å². The molecule has 1 fully saturated rings. The van der Waals surface area contributed by atoms with Gasteiger partial charge in [-0.3, -0.25) is 0 Å². The van der Waals surface area contributed by atoms with Crippen LogP contribution in [0.2, 0.25) is 0 Å². The summed E-state index contributed by atoms with van der Waals surface area (Å²) in [7, 11) is 1.40. The predicted molar refractivity (Wildman–Crippen MR) is 84.7 cm³/mol. The summed E-state index contributed by atoms with van der Waals surface area (Å²) in [5.74, 6) is 0. The standard InChI is InChI=1S/C16H25N3O2/c1-4-17-12(2)14-7-5-6-8-15(14)19-10-9-13(11-19)18-16(20)21-3/h5-8,12-13,17H,4,9-11H2,1-3H3,(H,18,20). The normalized spacial score (nSPS) is 19.4. The summed E-state index contributed by atoms with van der Waals surface area (Å²) < 4.78 is 4.67. The fraction of sp³-hybridized carbons (Fsp3) is 0.562. The lowest BCUT2D eigenvalue weighted by Crippen LogP contribution is -2.37. The Hall–Kier alpha value is -1.75. The second-order valence-corrected chi connectivity index (χ2v) is 5.41. The molecule has 0 aliphatic carbocycles. The Labute approximate surface area is 126 Å². The molecule has 2 atom stereocenters. The van der Waals surface area contributed by atoms with E-state index < -0.39 is 0 Å². The topological polar surface area (TPSA) is 53.6 Å². The molecule has 0 aromatic heterocycles. The highest BCUT2D eigenvalue weighted by Gasteiger charge is 2.26. The summed E-state index contributed by atoms with van der Waals surface area (Å²) >= 11 is 0. The summed E-state index contributed by atoms with van der Waals surface area (Å²) in [5.41, 5.74) is 2.55. The second-order valence-electron chi connectivity index (χ2n) is 5.41. The van der Waals surface area contributed by atoms with Crippen molar-refractivity contribution in [2.75, 3.05) is 31.6 Å². The van der Waals surface area contributed by atoms with Crippen LogP contribution in [-0.4, -0.2) is 38.9 Å². The first-order valence-electron chi connectivity index (χ1n) is 7.57. The van der Waals surface area contributed by atoms with Gasteiger partial charge in [-0.2, -0.15) is 0 Å². The molecule has 0 saturated carbocycles. The Balaban J connectivity index is 2.07. The van der Waals surface area contributed by atoms with Gasteiger partial charge >= 0.3 is 6.09 Å². The third kappa shape index (κ3) is 3.88. The molecule has 1 amide bonds. The summed E-state index contributed by atoms with van der Waals surface area (Å²) in [6, 6.07) is 8.94. The van der Waals surface area contributed by atoms with E-state index in [0.717, 1.165) is 26.1 Å². The highest BCUT2D eigenvalue weighted by Crippen LogP contribution is 2.29. The number of carbonyl (C=O) groups excluding carboxylic acids is 1. The Morgan fingerprint density at radius 2 is 2.24 bits per heavy atom. The number of para-hydroxylation sites is 1.